The molecule has 2 saturated carbocycles. The Hall–Kier alpha value is -1.42. The predicted octanol–water partition coefficient (Wildman–Crippen LogP) is 4.21. The van der Waals surface area contributed by atoms with Crippen LogP contribution in [0.5, 0.6) is 0 Å². The Morgan fingerprint density at radius 3 is 2.54 bits per heavy atom. The number of benzene rings is 1. The van der Waals surface area contributed by atoms with Crippen molar-refractivity contribution in [2.24, 2.45) is 11.3 Å². The molecule has 4 rings (SSSR count). The number of rotatable bonds is 3. The van der Waals surface area contributed by atoms with Crippen LogP contribution < -0.4 is 0 Å². The predicted molar refractivity (Wildman–Crippen MR) is 99.4 cm³/mol. The van der Waals surface area contributed by atoms with E-state index >= 15 is 0 Å². The number of carbonyl (C=O) groups excluding carboxylic acids is 1. The monoisotopic (exact) mass is 359 g/mol. The zero-order valence-electron chi connectivity index (χ0n) is 16.1. The molecule has 0 bridgehead atoms. The fourth-order valence-electron chi connectivity index (χ4n) is 5.34. The van der Waals surface area contributed by atoms with Crippen molar-refractivity contribution in [1.82, 2.24) is 4.90 Å². The van der Waals surface area contributed by atoms with E-state index in [1.54, 1.807) is 19.1 Å². The standard InChI is InChI=1S/C22H30FNO2/c1-14(2)16-6-17(8-19(23)7-16)15-4-5-22(11-15)12-24(13-22)20(25)18-9-21(3,26)10-18/h6-8,14-15,18,26H,4-5,9-13H2,1-3H3/t15?,18-,21+. The molecule has 1 N–H and O–H groups in total. The Balaban J connectivity index is 1.37. The third-order valence-electron chi connectivity index (χ3n) is 6.87. The van der Waals surface area contributed by atoms with Gasteiger partial charge in [-0.1, -0.05) is 19.9 Å². The van der Waals surface area contributed by atoms with Gasteiger partial charge in [-0.25, -0.2) is 4.39 Å². The van der Waals surface area contributed by atoms with Gasteiger partial charge in [0.15, 0.2) is 0 Å². The highest BCUT2D eigenvalue weighted by Gasteiger charge is 2.53. The summed E-state index contributed by atoms with van der Waals surface area (Å²) < 4.78 is 14.0. The molecular weight excluding hydrogens is 329 g/mol. The molecule has 3 fully saturated rings. The lowest BCUT2D eigenvalue weighted by molar-refractivity contribution is -0.161. The topological polar surface area (TPSA) is 40.5 Å². The first-order valence-electron chi connectivity index (χ1n) is 9.98. The summed E-state index contributed by atoms with van der Waals surface area (Å²) in [5.74, 6) is 0.839. The van der Waals surface area contributed by atoms with Crippen molar-refractivity contribution in [2.45, 2.75) is 70.3 Å². The summed E-state index contributed by atoms with van der Waals surface area (Å²) in [4.78, 5) is 14.5. The zero-order valence-corrected chi connectivity index (χ0v) is 16.1. The second kappa shape index (κ2) is 6.05. The van der Waals surface area contributed by atoms with Crippen molar-refractivity contribution in [2.75, 3.05) is 13.1 Å². The average molecular weight is 359 g/mol. The van der Waals surface area contributed by atoms with Crippen LogP contribution in [-0.2, 0) is 4.79 Å². The molecule has 1 spiro atoms. The van der Waals surface area contributed by atoms with Crippen molar-refractivity contribution >= 4 is 5.91 Å². The van der Waals surface area contributed by atoms with E-state index in [9.17, 15) is 14.3 Å². The third kappa shape index (κ3) is 3.17. The van der Waals surface area contributed by atoms with Gasteiger partial charge in [0.25, 0.3) is 0 Å². The molecule has 4 heteroatoms. The van der Waals surface area contributed by atoms with E-state index in [1.165, 1.54) is 0 Å². The summed E-state index contributed by atoms with van der Waals surface area (Å²) in [7, 11) is 0. The number of likely N-dealkylation sites (tertiary alicyclic amines) is 1. The highest BCUT2D eigenvalue weighted by Crippen LogP contribution is 2.53. The van der Waals surface area contributed by atoms with E-state index in [4.69, 9.17) is 0 Å². The molecule has 1 saturated heterocycles. The number of amides is 1. The summed E-state index contributed by atoms with van der Waals surface area (Å²) >= 11 is 0. The highest BCUT2D eigenvalue weighted by molar-refractivity contribution is 5.81. The van der Waals surface area contributed by atoms with Crippen molar-refractivity contribution < 1.29 is 14.3 Å². The lowest BCUT2D eigenvalue weighted by atomic mass is 9.69. The Morgan fingerprint density at radius 2 is 1.92 bits per heavy atom. The minimum Gasteiger partial charge on any atom is -0.390 e. The van der Waals surface area contributed by atoms with Crippen LogP contribution >= 0.6 is 0 Å². The lowest BCUT2D eigenvalue weighted by Gasteiger charge is -2.52. The molecule has 0 radical (unpaired) electrons. The first-order chi connectivity index (χ1) is 12.2. The normalized spacial score (nSPS) is 32.6. The van der Waals surface area contributed by atoms with E-state index in [1.807, 2.05) is 4.90 Å². The van der Waals surface area contributed by atoms with Crippen LogP contribution in [0.2, 0.25) is 0 Å². The van der Waals surface area contributed by atoms with Gasteiger partial charge in [0.1, 0.15) is 5.82 Å². The van der Waals surface area contributed by atoms with E-state index in [2.05, 4.69) is 19.9 Å². The fourth-order valence-corrected chi connectivity index (χ4v) is 5.34. The molecule has 3 aliphatic rings. The Bertz CT molecular complexity index is 713. The largest absolute Gasteiger partial charge is 0.390 e. The smallest absolute Gasteiger partial charge is 0.225 e. The molecule has 142 valence electrons. The van der Waals surface area contributed by atoms with Gasteiger partial charge in [0.2, 0.25) is 5.91 Å². The summed E-state index contributed by atoms with van der Waals surface area (Å²) in [6, 6.07) is 5.53. The van der Waals surface area contributed by atoms with Gasteiger partial charge in [-0.05, 0) is 74.1 Å². The van der Waals surface area contributed by atoms with Gasteiger partial charge in [-0.2, -0.15) is 0 Å². The maximum atomic E-state index is 14.0. The number of halogens is 1. The summed E-state index contributed by atoms with van der Waals surface area (Å²) in [6.07, 6.45) is 4.46. The van der Waals surface area contributed by atoms with E-state index in [0.717, 1.165) is 43.5 Å². The van der Waals surface area contributed by atoms with E-state index < -0.39 is 5.60 Å². The molecule has 1 heterocycles. The van der Waals surface area contributed by atoms with Crippen molar-refractivity contribution in [3.63, 3.8) is 0 Å². The maximum absolute atomic E-state index is 14.0. The summed E-state index contributed by atoms with van der Waals surface area (Å²) in [5, 5.41) is 9.85. The minimum absolute atomic E-state index is 0.0105. The first kappa shape index (κ1) is 18.0. The van der Waals surface area contributed by atoms with Crippen LogP contribution in [0, 0.1) is 17.2 Å². The van der Waals surface area contributed by atoms with Gasteiger partial charge in [0, 0.05) is 24.4 Å². The second-order valence-electron chi connectivity index (χ2n) is 9.71. The number of carbonyl (C=O) groups is 1. The molecule has 0 aromatic heterocycles. The summed E-state index contributed by atoms with van der Waals surface area (Å²) in [5.41, 5.74) is 1.79. The Morgan fingerprint density at radius 1 is 1.23 bits per heavy atom. The van der Waals surface area contributed by atoms with Crippen molar-refractivity contribution in [3.8, 4) is 0 Å². The van der Waals surface area contributed by atoms with Crippen LogP contribution in [0.3, 0.4) is 0 Å². The van der Waals surface area contributed by atoms with Gasteiger partial charge >= 0.3 is 0 Å². The SMILES string of the molecule is CC(C)c1cc(F)cc(C2CCC3(C2)CN(C(=O)[C@H]2C[C@@](C)(O)C2)C3)c1. The minimum atomic E-state index is -0.646. The van der Waals surface area contributed by atoms with Gasteiger partial charge < -0.3 is 10.0 Å². The molecule has 2 aliphatic carbocycles. The van der Waals surface area contributed by atoms with Crippen LogP contribution in [0.15, 0.2) is 18.2 Å². The fraction of sp³-hybridized carbons (Fsp3) is 0.682. The zero-order chi connectivity index (χ0) is 18.7. The number of hydrogen-bond acceptors (Lipinski definition) is 2. The van der Waals surface area contributed by atoms with Gasteiger partial charge in [0.05, 0.1) is 5.60 Å². The molecular formula is C22H30FNO2. The molecule has 1 amide bonds. The third-order valence-corrected chi connectivity index (χ3v) is 6.87. The molecule has 1 aromatic rings. The van der Waals surface area contributed by atoms with E-state index in [-0.39, 0.29) is 23.1 Å². The molecule has 1 aromatic carbocycles. The second-order valence-corrected chi connectivity index (χ2v) is 9.71. The molecule has 1 atom stereocenters. The highest BCUT2D eigenvalue weighted by atomic mass is 19.1. The Labute approximate surface area is 155 Å². The number of aliphatic hydroxyl groups is 1. The number of nitrogens with zero attached hydrogens (tertiary/aromatic N) is 1. The average Bonchev–Trinajstić information content (AvgIpc) is 2.95. The van der Waals surface area contributed by atoms with Gasteiger partial charge in [-0.3, -0.25) is 4.79 Å². The van der Waals surface area contributed by atoms with Crippen molar-refractivity contribution in [1.29, 1.82) is 0 Å². The first-order valence-corrected chi connectivity index (χ1v) is 9.98. The van der Waals surface area contributed by atoms with E-state index in [0.29, 0.717) is 24.7 Å². The van der Waals surface area contributed by atoms with Crippen LogP contribution in [0.25, 0.3) is 0 Å². The molecule has 3 nitrogen and oxygen atoms in total. The quantitative estimate of drug-likeness (QED) is 0.878. The lowest BCUT2D eigenvalue weighted by Crippen LogP contribution is -2.61. The molecule has 26 heavy (non-hydrogen) atoms. The van der Waals surface area contributed by atoms with Gasteiger partial charge in [-0.15, -0.1) is 0 Å². The van der Waals surface area contributed by atoms with Crippen LogP contribution in [0.1, 0.15) is 75.8 Å². The van der Waals surface area contributed by atoms with Crippen molar-refractivity contribution in [3.05, 3.63) is 35.1 Å². The Kier molecular flexibility index (Phi) is 4.18. The van der Waals surface area contributed by atoms with Crippen LogP contribution in [-0.4, -0.2) is 34.6 Å². The molecule has 1 aliphatic heterocycles. The summed E-state index contributed by atoms with van der Waals surface area (Å²) in [6.45, 7) is 7.69. The number of hydrogen-bond donors (Lipinski definition) is 1. The molecule has 1 unspecified atom stereocenters. The maximum Gasteiger partial charge on any atom is 0.225 e. The van der Waals surface area contributed by atoms with Crippen LogP contribution in [0.4, 0.5) is 4.39 Å².